The van der Waals surface area contributed by atoms with E-state index in [4.69, 9.17) is 20.1 Å². The van der Waals surface area contributed by atoms with Crippen molar-refractivity contribution >= 4 is 16.9 Å². The lowest BCUT2D eigenvalue weighted by molar-refractivity contribution is 0.453. The van der Waals surface area contributed by atoms with E-state index in [0.29, 0.717) is 24.9 Å². The molecule has 4 N–H and O–H groups in total. The molecule has 0 aliphatic carbocycles. The van der Waals surface area contributed by atoms with Gasteiger partial charge >= 0.3 is 0 Å². The topological polar surface area (TPSA) is 110 Å². The number of anilines is 1. The molecule has 0 bridgehead atoms. The van der Waals surface area contributed by atoms with Gasteiger partial charge in [0.1, 0.15) is 0 Å². The molecule has 0 unspecified atom stereocenters. The van der Waals surface area contributed by atoms with E-state index < -0.39 is 0 Å². The van der Waals surface area contributed by atoms with Crippen molar-refractivity contribution in [3.8, 4) is 39.6 Å². The number of pyridine rings is 2. The predicted octanol–water partition coefficient (Wildman–Crippen LogP) is 6.83. The summed E-state index contributed by atoms with van der Waals surface area (Å²) in [5.41, 5.74) is 13.7. The normalized spacial score (nSPS) is 11.1. The molecule has 7 nitrogen and oxygen atoms in total. The van der Waals surface area contributed by atoms with Crippen LogP contribution >= 0.6 is 0 Å². The number of aryl methyl sites for hydroxylation is 1. The van der Waals surface area contributed by atoms with E-state index in [1.165, 1.54) is 0 Å². The summed E-state index contributed by atoms with van der Waals surface area (Å²) in [6.45, 7) is 1.11. The molecule has 0 radical (unpaired) electrons. The maximum absolute atomic E-state index is 10.2. The lowest BCUT2D eigenvalue weighted by Gasteiger charge is -2.14. The van der Waals surface area contributed by atoms with E-state index in [2.05, 4.69) is 52.8 Å². The van der Waals surface area contributed by atoms with Gasteiger partial charge in [0.15, 0.2) is 5.76 Å². The Morgan fingerprint density at radius 3 is 2.25 bits per heavy atom. The zero-order valence-electron chi connectivity index (χ0n) is 21.9. The van der Waals surface area contributed by atoms with Gasteiger partial charge in [-0.05, 0) is 36.1 Å². The smallest absolute Gasteiger partial charge is 0.298 e. The second kappa shape index (κ2) is 11.4. The van der Waals surface area contributed by atoms with Crippen molar-refractivity contribution in [3.63, 3.8) is 0 Å². The summed E-state index contributed by atoms with van der Waals surface area (Å²) in [6.07, 6.45) is 3.35. The number of nitrogens with zero attached hydrogens (tertiary/aromatic N) is 3. The summed E-state index contributed by atoms with van der Waals surface area (Å²) in [5, 5.41) is 14.4. The van der Waals surface area contributed by atoms with E-state index in [1.807, 2.05) is 60.8 Å². The van der Waals surface area contributed by atoms with Gasteiger partial charge in [-0.25, -0.2) is 4.98 Å². The summed E-state index contributed by atoms with van der Waals surface area (Å²) >= 11 is 0. The minimum atomic E-state index is -0.127. The third kappa shape index (κ3) is 5.28. The number of oxazole rings is 1. The zero-order chi connectivity index (χ0) is 27.3. The standard InChI is InChI=1S/C33H29N5O2/c34-21-22-13-15-24(16-14-22)30-26(23-8-3-1-4-9-23)20-27-28(35-19-17-29(27)37-30)12-7-18-36-33-38-32(39)31(40-33)25-10-5-2-6-11-25/h1-6,8-11,13-17,19-20,39H,7,12,18,21,34H2,(H,36,38). The van der Waals surface area contributed by atoms with Gasteiger partial charge in [-0.3, -0.25) is 4.98 Å². The van der Waals surface area contributed by atoms with Crippen molar-refractivity contribution in [1.82, 2.24) is 15.0 Å². The summed E-state index contributed by atoms with van der Waals surface area (Å²) < 4.78 is 5.75. The van der Waals surface area contributed by atoms with Crippen LogP contribution in [0.15, 0.2) is 108 Å². The van der Waals surface area contributed by atoms with Crippen LogP contribution in [-0.4, -0.2) is 26.6 Å². The van der Waals surface area contributed by atoms with E-state index in [0.717, 1.165) is 62.9 Å². The van der Waals surface area contributed by atoms with Gasteiger partial charge in [-0.2, -0.15) is 4.98 Å². The van der Waals surface area contributed by atoms with Crippen LogP contribution in [0.2, 0.25) is 0 Å². The summed E-state index contributed by atoms with van der Waals surface area (Å²) in [4.78, 5) is 13.9. The highest BCUT2D eigenvalue weighted by Gasteiger charge is 2.16. The number of hydrogen-bond donors (Lipinski definition) is 3. The first-order valence-electron chi connectivity index (χ1n) is 13.3. The Bertz CT molecular complexity index is 1730. The molecule has 0 fully saturated rings. The van der Waals surface area contributed by atoms with Gasteiger partial charge in [0.2, 0.25) is 0 Å². The fourth-order valence-corrected chi connectivity index (χ4v) is 4.83. The van der Waals surface area contributed by atoms with Crippen LogP contribution in [0.5, 0.6) is 5.88 Å². The van der Waals surface area contributed by atoms with Gasteiger partial charge in [-0.1, -0.05) is 84.9 Å². The van der Waals surface area contributed by atoms with E-state index in [-0.39, 0.29) is 5.88 Å². The third-order valence-electron chi connectivity index (χ3n) is 6.89. The van der Waals surface area contributed by atoms with Gasteiger partial charge in [0, 0.05) is 47.1 Å². The first kappa shape index (κ1) is 25.3. The molecular weight excluding hydrogens is 498 g/mol. The average Bonchev–Trinajstić information content (AvgIpc) is 3.39. The van der Waals surface area contributed by atoms with E-state index >= 15 is 0 Å². The SMILES string of the molecule is NCc1ccc(-c2nc3ccnc(CCCNc4nc(O)c(-c5ccccc5)o4)c3cc2-c2ccccc2)cc1. The molecule has 3 heterocycles. The molecule has 6 rings (SSSR count). The Morgan fingerprint density at radius 1 is 0.800 bits per heavy atom. The maximum atomic E-state index is 10.2. The van der Waals surface area contributed by atoms with Gasteiger partial charge in [-0.15, -0.1) is 0 Å². The fourth-order valence-electron chi connectivity index (χ4n) is 4.83. The zero-order valence-corrected chi connectivity index (χ0v) is 21.9. The first-order valence-corrected chi connectivity index (χ1v) is 13.3. The summed E-state index contributed by atoms with van der Waals surface area (Å²) in [7, 11) is 0. The molecule has 7 heteroatoms. The van der Waals surface area contributed by atoms with Crippen LogP contribution in [0.25, 0.3) is 44.6 Å². The first-order chi connectivity index (χ1) is 19.7. The van der Waals surface area contributed by atoms with Crippen molar-refractivity contribution < 1.29 is 9.52 Å². The Hall–Kier alpha value is -5.01. The quantitative estimate of drug-likeness (QED) is 0.177. The molecule has 3 aromatic heterocycles. The molecule has 6 aromatic rings. The van der Waals surface area contributed by atoms with Gasteiger partial charge in [0.25, 0.3) is 11.9 Å². The monoisotopic (exact) mass is 527 g/mol. The number of fused-ring (bicyclic) bond motifs is 1. The number of benzene rings is 3. The second-order valence-corrected chi connectivity index (χ2v) is 9.54. The molecule has 0 saturated heterocycles. The largest absolute Gasteiger partial charge is 0.490 e. The number of nitrogens with one attached hydrogen (secondary N) is 1. The highest BCUT2D eigenvalue weighted by atomic mass is 16.4. The molecular formula is C33H29N5O2. The van der Waals surface area contributed by atoms with Crippen molar-refractivity contribution in [1.29, 1.82) is 0 Å². The van der Waals surface area contributed by atoms with Crippen LogP contribution < -0.4 is 11.1 Å². The number of aromatic nitrogens is 3. The summed E-state index contributed by atoms with van der Waals surface area (Å²) in [5.74, 6) is 0.226. The van der Waals surface area contributed by atoms with Crippen molar-refractivity contribution in [2.45, 2.75) is 19.4 Å². The van der Waals surface area contributed by atoms with Crippen LogP contribution in [-0.2, 0) is 13.0 Å². The minimum absolute atomic E-state index is 0.127. The average molecular weight is 528 g/mol. The van der Waals surface area contributed by atoms with Crippen LogP contribution in [0.4, 0.5) is 6.01 Å². The van der Waals surface area contributed by atoms with Crippen molar-refractivity contribution in [3.05, 3.63) is 115 Å². The highest BCUT2D eigenvalue weighted by molar-refractivity contribution is 5.92. The van der Waals surface area contributed by atoms with Gasteiger partial charge in [0.05, 0.1) is 11.2 Å². The Labute approximate surface area is 232 Å². The predicted molar refractivity (Wildman–Crippen MR) is 159 cm³/mol. The minimum Gasteiger partial charge on any atom is -0.490 e. The molecule has 0 aliphatic heterocycles. The number of nitrogens with two attached hydrogens (primary N) is 1. The number of aromatic hydroxyl groups is 1. The molecule has 0 amide bonds. The lowest BCUT2D eigenvalue weighted by atomic mass is 9.96. The van der Waals surface area contributed by atoms with E-state index in [1.54, 1.807) is 0 Å². The van der Waals surface area contributed by atoms with Crippen LogP contribution in [0.3, 0.4) is 0 Å². The third-order valence-corrected chi connectivity index (χ3v) is 6.89. The number of hydrogen-bond acceptors (Lipinski definition) is 7. The molecule has 3 aromatic carbocycles. The molecule has 0 aliphatic rings. The Morgan fingerprint density at radius 2 is 1.52 bits per heavy atom. The van der Waals surface area contributed by atoms with Crippen LogP contribution in [0.1, 0.15) is 17.7 Å². The second-order valence-electron chi connectivity index (χ2n) is 9.54. The van der Waals surface area contributed by atoms with E-state index in [9.17, 15) is 5.11 Å². The van der Waals surface area contributed by atoms with Crippen molar-refractivity contribution in [2.75, 3.05) is 11.9 Å². The lowest BCUT2D eigenvalue weighted by Crippen LogP contribution is -2.04. The van der Waals surface area contributed by atoms with Gasteiger partial charge < -0.3 is 20.6 Å². The Balaban J connectivity index is 1.25. The van der Waals surface area contributed by atoms with Crippen molar-refractivity contribution in [2.24, 2.45) is 5.73 Å². The molecule has 40 heavy (non-hydrogen) atoms. The molecule has 198 valence electrons. The Kier molecular flexibility index (Phi) is 7.20. The number of rotatable bonds is 9. The highest BCUT2D eigenvalue weighted by Crippen LogP contribution is 2.35. The molecule has 0 saturated carbocycles. The summed E-state index contributed by atoms with van der Waals surface area (Å²) in [6, 6.07) is 32.5. The maximum Gasteiger partial charge on any atom is 0.298 e. The molecule has 0 atom stereocenters. The van der Waals surface area contributed by atoms with Crippen LogP contribution in [0, 0.1) is 0 Å². The fraction of sp³-hybridized carbons (Fsp3) is 0.121. The molecule has 0 spiro atoms.